The van der Waals surface area contributed by atoms with Crippen LogP contribution in [0, 0.1) is 6.92 Å². The Hall–Kier alpha value is -2.02. The zero-order valence-electron chi connectivity index (χ0n) is 11.7. The van der Waals surface area contributed by atoms with Crippen LogP contribution in [0.4, 0.5) is 0 Å². The summed E-state index contributed by atoms with van der Waals surface area (Å²) >= 11 is 1.37. The van der Waals surface area contributed by atoms with Crippen molar-refractivity contribution in [1.82, 2.24) is 5.32 Å². The van der Waals surface area contributed by atoms with Crippen LogP contribution in [0.15, 0.2) is 24.3 Å². The molecule has 0 bridgehead atoms. The summed E-state index contributed by atoms with van der Waals surface area (Å²) in [4.78, 5) is 33.3. The highest BCUT2D eigenvalue weighted by Gasteiger charge is 2.21. The molecule has 0 saturated heterocycles. The Balaban J connectivity index is 2.39. The van der Waals surface area contributed by atoms with Gasteiger partial charge in [0.2, 0.25) is 11.8 Å². The summed E-state index contributed by atoms with van der Waals surface area (Å²) in [7, 11) is 0. The molecule has 0 saturated carbocycles. The first-order chi connectivity index (χ1) is 9.88. The number of rotatable bonds is 8. The molecule has 0 spiro atoms. The van der Waals surface area contributed by atoms with E-state index in [2.05, 4.69) is 5.32 Å². The van der Waals surface area contributed by atoms with Gasteiger partial charge in [-0.25, -0.2) is 4.79 Å². The van der Waals surface area contributed by atoms with Crippen LogP contribution in [0.2, 0.25) is 0 Å². The van der Waals surface area contributed by atoms with Crippen molar-refractivity contribution < 1.29 is 19.5 Å². The maximum absolute atomic E-state index is 11.6. The number of carbonyl (C=O) groups is 3. The van der Waals surface area contributed by atoms with Crippen LogP contribution >= 0.6 is 11.8 Å². The predicted molar refractivity (Wildman–Crippen MR) is 80.7 cm³/mol. The number of thioether (sulfide) groups is 1. The first-order valence-corrected chi connectivity index (χ1v) is 7.47. The largest absolute Gasteiger partial charge is 0.480 e. The standard InChI is InChI=1S/C14H18N2O4S/c1-9-3-2-4-10(5-9)7-21-8-13(18)16-11(14(19)20)6-12(15)17/h2-5,11H,6-8H2,1H3,(H2,15,17)(H,16,18)(H,19,20). The summed E-state index contributed by atoms with van der Waals surface area (Å²) in [5, 5.41) is 11.2. The lowest BCUT2D eigenvalue weighted by Gasteiger charge is -2.12. The molecule has 1 atom stereocenters. The van der Waals surface area contributed by atoms with Gasteiger partial charge in [-0.3, -0.25) is 9.59 Å². The Morgan fingerprint density at radius 2 is 2.10 bits per heavy atom. The molecule has 7 heteroatoms. The van der Waals surface area contributed by atoms with E-state index in [1.807, 2.05) is 31.2 Å². The van der Waals surface area contributed by atoms with E-state index in [4.69, 9.17) is 10.8 Å². The van der Waals surface area contributed by atoms with E-state index in [1.165, 1.54) is 11.8 Å². The molecule has 0 aromatic heterocycles. The second kappa shape index (κ2) is 8.31. The summed E-state index contributed by atoms with van der Waals surface area (Å²) in [6.07, 6.45) is -0.413. The Labute approximate surface area is 127 Å². The Morgan fingerprint density at radius 1 is 1.38 bits per heavy atom. The number of nitrogens with one attached hydrogen (secondary N) is 1. The van der Waals surface area contributed by atoms with E-state index in [9.17, 15) is 14.4 Å². The van der Waals surface area contributed by atoms with Crippen molar-refractivity contribution in [2.45, 2.75) is 25.1 Å². The van der Waals surface area contributed by atoms with Crippen molar-refractivity contribution in [2.24, 2.45) is 5.73 Å². The van der Waals surface area contributed by atoms with Gasteiger partial charge in [0.15, 0.2) is 0 Å². The van der Waals surface area contributed by atoms with Crippen molar-refractivity contribution in [3.8, 4) is 0 Å². The third kappa shape index (κ3) is 6.80. The zero-order valence-corrected chi connectivity index (χ0v) is 12.5. The summed E-state index contributed by atoms with van der Waals surface area (Å²) in [5.74, 6) is -1.69. The van der Waals surface area contributed by atoms with Crippen LogP contribution in [-0.4, -0.2) is 34.7 Å². The van der Waals surface area contributed by atoms with Crippen molar-refractivity contribution in [3.05, 3.63) is 35.4 Å². The number of carbonyl (C=O) groups excluding carboxylic acids is 2. The third-order valence-corrected chi connectivity index (χ3v) is 3.63. The van der Waals surface area contributed by atoms with E-state index in [-0.39, 0.29) is 5.75 Å². The number of amides is 2. The minimum Gasteiger partial charge on any atom is -0.480 e. The molecule has 6 nitrogen and oxygen atoms in total. The SMILES string of the molecule is Cc1cccc(CSCC(=O)NC(CC(N)=O)C(=O)O)c1. The molecule has 0 aliphatic carbocycles. The zero-order chi connectivity index (χ0) is 15.8. The number of carboxylic acid groups (broad SMARTS) is 1. The van der Waals surface area contributed by atoms with Gasteiger partial charge < -0.3 is 16.2 Å². The van der Waals surface area contributed by atoms with Crippen molar-refractivity contribution in [2.75, 3.05) is 5.75 Å². The fourth-order valence-corrected chi connectivity index (χ4v) is 2.49. The first-order valence-electron chi connectivity index (χ1n) is 6.32. The fraction of sp³-hybridized carbons (Fsp3) is 0.357. The lowest BCUT2D eigenvalue weighted by molar-refractivity contribution is -0.143. The van der Waals surface area contributed by atoms with E-state index in [1.54, 1.807) is 0 Å². The van der Waals surface area contributed by atoms with Gasteiger partial charge in [-0.1, -0.05) is 29.8 Å². The van der Waals surface area contributed by atoms with Crippen LogP contribution < -0.4 is 11.1 Å². The number of hydrogen-bond donors (Lipinski definition) is 3. The van der Waals surface area contributed by atoms with Gasteiger partial charge in [0.05, 0.1) is 12.2 Å². The van der Waals surface area contributed by atoms with E-state index in [0.29, 0.717) is 5.75 Å². The van der Waals surface area contributed by atoms with Crippen LogP contribution in [0.1, 0.15) is 17.5 Å². The highest BCUT2D eigenvalue weighted by molar-refractivity contribution is 7.99. The second-order valence-electron chi connectivity index (χ2n) is 4.61. The normalized spacial score (nSPS) is 11.7. The number of nitrogens with two attached hydrogens (primary N) is 1. The minimum atomic E-state index is -1.27. The number of aliphatic carboxylic acids is 1. The number of primary amides is 1. The number of hydrogen-bond acceptors (Lipinski definition) is 4. The van der Waals surface area contributed by atoms with Crippen LogP contribution in [-0.2, 0) is 20.1 Å². The smallest absolute Gasteiger partial charge is 0.326 e. The van der Waals surface area contributed by atoms with Gasteiger partial charge in [0.25, 0.3) is 0 Å². The van der Waals surface area contributed by atoms with Gasteiger partial charge in [-0.15, -0.1) is 11.8 Å². The van der Waals surface area contributed by atoms with Gasteiger partial charge >= 0.3 is 5.97 Å². The minimum absolute atomic E-state index is 0.122. The topological polar surface area (TPSA) is 109 Å². The third-order valence-electron chi connectivity index (χ3n) is 2.62. The van der Waals surface area contributed by atoms with E-state index >= 15 is 0 Å². The van der Waals surface area contributed by atoms with Gasteiger partial charge in [0, 0.05) is 5.75 Å². The van der Waals surface area contributed by atoms with Crippen LogP contribution in [0.5, 0.6) is 0 Å². The monoisotopic (exact) mass is 310 g/mol. The van der Waals surface area contributed by atoms with Crippen molar-refractivity contribution >= 4 is 29.5 Å². The molecule has 2 amide bonds. The first kappa shape index (κ1) is 17.0. The summed E-state index contributed by atoms with van der Waals surface area (Å²) < 4.78 is 0. The average molecular weight is 310 g/mol. The highest BCUT2D eigenvalue weighted by Crippen LogP contribution is 2.13. The van der Waals surface area contributed by atoms with Crippen molar-refractivity contribution in [1.29, 1.82) is 0 Å². The molecular formula is C14H18N2O4S. The molecule has 1 aromatic carbocycles. The molecular weight excluding hydrogens is 292 g/mol. The fourth-order valence-electron chi connectivity index (χ4n) is 1.70. The van der Waals surface area contributed by atoms with Crippen molar-refractivity contribution in [3.63, 3.8) is 0 Å². The van der Waals surface area contributed by atoms with Crippen LogP contribution in [0.3, 0.4) is 0 Å². The van der Waals surface area contributed by atoms with Crippen LogP contribution in [0.25, 0.3) is 0 Å². The maximum atomic E-state index is 11.6. The average Bonchev–Trinajstić information content (AvgIpc) is 2.37. The molecule has 1 unspecified atom stereocenters. The Morgan fingerprint density at radius 3 is 2.67 bits per heavy atom. The molecule has 1 rings (SSSR count). The predicted octanol–water partition coefficient (Wildman–Crippen LogP) is 0.673. The Bertz CT molecular complexity index is 533. The van der Waals surface area contributed by atoms with E-state index in [0.717, 1.165) is 11.1 Å². The number of aryl methyl sites for hydroxylation is 1. The molecule has 21 heavy (non-hydrogen) atoms. The number of carboxylic acids is 1. The molecule has 0 heterocycles. The molecule has 0 aliphatic heterocycles. The van der Waals surface area contributed by atoms with E-state index < -0.39 is 30.2 Å². The lowest BCUT2D eigenvalue weighted by Crippen LogP contribution is -2.44. The molecule has 1 aromatic rings. The summed E-state index contributed by atoms with van der Waals surface area (Å²) in [5.41, 5.74) is 7.18. The molecule has 0 fully saturated rings. The molecule has 4 N–H and O–H groups in total. The van der Waals surface area contributed by atoms with Gasteiger partial charge in [-0.05, 0) is 12.5 Å². The second-order valence-corrected chi connectivity index (χ2v) is 5.60. The highest BCUT2D eigenvalue weighted by atomic mass is 32.2. The van der Waals surface area contributed by atoms with Gasteiger partial charge in [-0.2, -0.15) is 0 Å². The molecule has 0 radical (unpaired) electrons. The summed E-state index contributed by atoms with van der Waals surface area (Å²) in [6.45, 7) is 1.99. The lowest BCUT2D eigenvalue weighted by atomic mass is 10.2. The summed E-state index contributed by atoms with van der Waals surface area (Å²) in [6, 6.07) is 6.65. The molecule has 114 valence electrons. The quantitative estimate of drug-likeness (QED) is 0.654. The maximum Gasteiger partial charge on any atom is 0.326 e. The van der Waals surface area contributed by atoms with Gasteiger partial charge in [0.1, 0.15) is 6.04 Å². The molecule has 0 aliphatic rings. The number of benzene rings is 1. The Kier molecular flexibility index (Phi) is 6.74.